The fourth-order valence-corrected chi connectivity index (χ4v) is 1.81. The Labute approximate surface area is 121 Å². The number of amidine groups is 1. The van der Waals surface area contributed by atoms with Crippen LogP contribution in [0, 0.1) is 6.92 Å². The molecule has 0 aliphatic carbocycles. The van der Waals surface area contributed by atoms with Gasteiger partial charge in [0.15, 0.2) is 5.84 Å². The molecule has 0 atom stereocenters. The van der Waals surface area contributed by atoms with Crippen LogP contribution in [0.1, 0.15) is 21.5 Å². The third-order valence-electron chi connectivity index (χ3n) is 3.03. The fraction of sp³-hybridized carbons (Fsp3) is 0.0667. The Balaban J connectivity index is 2.30. The Morgan fingerprint density at radius 2 is 1.95 bits per heavy atom. The number of hydrogen-bond donors (Lipinski definition) is 4. The smallest absolute Gasteiger partial charge is 0.255 e. The molecule has 0 aliphatic heterocycles. The van der Waals surface area contributed by atoms with Crippen LogP contribution >= 0.6 is 0 Å². The predicted molar refractivity (Wildman–Crippen MR) is 79.7 cm³/mol. The van der Waals surface area contributed by atoms with Crippen molar-refractivity contribution in [2.45, 2.75) is 6.92 Å². The highest BCUT2D eigenvalue weighted by atomic mass is 16.4. The highest BCUT2D eigenvalue weighted by Crippen LogP contribution is 2.20. The minimum atomic E-state index is -0.400. The molecule has 21 heavy (non-hydrogen) atoms. The van der Waals surface area contributed by atoms with Crippen molar-refractivity contribution in [3.63, 3.8) is 0 Å². The normalized spacial score (nSPS) is 11.2. The van der Waals surface area contributed by atoms with E-state index in [0.29, 0.717) is 22.4 Å². The Morgan fingerprint density at radius 1 is 1.24 bits per heavy atom. The Hall–Kier alpha value is -3.02. The molecule has 0 unspecified atom stereocenters. The van der Waals surface area contributed by atoms with Crippen LogP contribution in [0.15, 0.2) is 47.6 Å². The van der Waals surface area contributed by atoms with E-state index in [1.54, 1.807) is 43.3 Å². The van der Waals surface area contributed by atoms with Gasteiger partial charge in [-0.3, -0.25) is 4.79 Å². The van der Waals surface area contributed by atoms with Gasteiger partial charge in [0, 0.05) is 11.1 Å². The van der Waals surface area contributed by atoms with Crippen LogP contribution in [0.3, 0.4) is 0 Å². The molecule has 0 saturated heterocycles. The van der Waals surface area contributed by atoms with Gasteiger partial charge in [0.05, 0.1) is 5.69 Å². The van der Waals surface area contributed by atoms with Gasteiger partial charge in [-0.05, 0) is 36.8 Å². The number of anilines is 1. The highest BCUT2D eigenvalue weighted by molar-refractivity contribution is 6.09. The maximum atomic E-state index is 12.2. The maximum absolute atomic E-state index is 12.2. The number of para-hydroxylation sites is 1. The van der Waals surface area contributed by atoms with Gasteiger partial charge in [0.2, 0.25) is 0 Å². The van der Waals surface area contributed by atoms with Gasteiger partial charge >= 0.3 is 0 Å². The standard InChI is InChI=1S/C15H15N3O3/c1-9-6-7-10(8-13(9)19)15(20)17-12-5-3-2-4-11(12)14(16)18-21/h2-8,19,21H,1H3,(H2,16,18)(H,17,20). The average molecular weight is 285 g/mol. The number of rotatable bonds is 3. The van der Waals surface area contributed by atoms with Crippen LogP contribution in [0.25, 0.3) is 0 Å². The molecule has 108 valence electrons. The quantitative estimate of drug-likeness (QED) is 0.299. The summed E-state index contributed by atoms with van der Waals surface area (Å²) >= 11 is 0. The molecule has 5 N–H and O–H groups in total. The zero-order valence-electron chi connectivity index (χ0n) is 11.4. The highest BCUT2D eigenvalue weighted by Gasteiger charge is 2.12. The Kier molecular flexibility index (Phi) is 4.08. The summed E-state index contributed by atoms with van der Waals surface area (Å²) in [6, 6.07) is 11.3. The van der Waals surface area contributed by atoms with E-state index in [1.165, 1.54) is 6.07 Å². The summed E-state index contributed by atoms with van der Waals surface area (Å²) in [6.07, 6.45) is 0. The van der Waals surface area contributed by atoms with E-state index in [1.807, 2.05) is 0 Å². The summed E-state index contributed by atoms with van der Waals surface area (Å²) < 4.78 is 0. The zero-order valence-corrected chi connectivity index (χ0v) is 11.4. The number of phenolic OH excluding ortho intramolecular Hbond substituents is 1. The van der Waals surface area contributed by atoms with Gasteiger partial charge in [-0.1, -0.05) is 23.4 Å². The lowest BCUT2D eigenvalue weighted by Crippen LogP contribution is -2.19. The number of carbonyl (C=O) groups excluding carboxylic acids is 1. The minimum Gasteiger partial charge on any atom is -0.508 e. The molecule has 2 aromatic rings. The lowest BCUT2D eigenvalue weighted by atomic mass is 10.1. The first-order valence-corrected chi connectivity index (χ1v) is 6.21. The summed E-state index contributed by atoms with van der Waals surface area (Å²) in [6.45, 7) is 1.74. The molecular weight excluding hydrogens is 270 g/mol. The largest absolute Gasteiger partial charge is 0.508 e. The number of hydrogen-bond acceptors (Lipinski definition) is 4. The van der Waals surface area contributed by atoms with Crippen LogP contribution in [0.5, 0.6) is 5.75 Å². The van der Waals surface area contributed by atoms with Crippen LogP contribution in [-0.4, -0.2) is 22.1 Å². The number of oxime groups is 1. The maximum Gasteiger partial charge on any atom is 0.255 e. The molecular formula is C15H15N3O3. The van der Waals surface area contributed by atoms with Crippen molar-refractivity contribution in [2.24, 2.45) is 10.9 Å². The molecule has 0 aliphatic rings. The molecule has 0 fully saturated rings. The number of carbonyl (C=O) groups is 1. The number of aryl methyl sites for hydroxylation is 1. The first-order valence-electron chi connectivity index (χ1n) is 6.21. The number of nitrogens with one attached hydrogen (secondary N) is 1. The number of amides is 1. The third kappa shape index (κ3) is 3.11. The van der Waals surface area contributed by atoms with Gasteiger partial charge in [0.1, 0.15) is 5.75 Å². The minimum absolute atomic E-state index is 0.0485. The summed E-state index contributed by atoms with van der Waals surface area (Å²) in [5.41, 5.74) is 7.38. The molecule has 0 bridgehead atoms. The monoisotopic (exact) mass is 285 g/mol. The van der Waals surface area contributed by atoms with Gasteiger partial charge in [-0.15, -0.1) is 0 Å². The fourth-order valence-electron chi connectivity index (χ4n) is 1.81. The number of benzene rings is 2. The molecule has 0 heterocycles. The van der Waals surface area contributed by atoms with Crippen molar-refractivity contribution < 1.29 is 15.1 Å². The lowest BCUT2D eigenvalue weighted by Gasteiger charge is -2.10. The second kappa shape index (κ2) is 5.96. The van der Waals surface area contributed by atoms with E-state index in [0.717, 1.165) is 0 Å². The number of nitrogens with two attached hydrogens (primary N) is 1. The van der Waals surface area contributed by atoms with E-state index >= 15 is 0 Å². The van der Waals surface area contributed by atoms with Crippen LogP contribution in [0.2, 0.25) is 0 Å². The van der Waals surface area contributed by atoms with E-state index in [9.17, 15) is 9.90 Å². The van der Waals surface area contributed by atoms with Crippen molar-refractivity contribution in [3.8, 4) is 5.75 Å². The zero-order chi connectivity index (χ0) is 15.4. The van der Waals surface area contributed by atoms with Gasteiger partial charge in [0.25, 0.3) is 5.91 Å². The summed E-state index contributed by atoms with van der Waals surface area (Å²) in [5, 5.41) is 24.0. The molecule has 0 radical (unpaired) electrons. The molecule has 0 saturated carbocycles. The molecule has 6 nitrogen and oxygen atoms in total. The topological polar surface area (TPSA) is 108 Å². The van der Waals surface area contributed by atoms with E-state index in [-0.39, 0.29) is 11.6 Å². The Morgan fingerprint density at radius 3 is 2.62 bits per heavy atom. The SMILES string of the molecule is Cc1ccc(C(=O)Nc2ccccc2/C(N)=N/O)cc1O. The first kappa shape index (κ1) is 14.4. The van der Waals surface area contributed by atoms with Crippen LogP contribution < -0.4 is 11.1 Å². The summed E-state index contributed by atoms with van der Waals surface area (Å²) in [5.74, 6) is -0.450. The van der Waals surface area contributed by atoms with Gasteiger partial charge in [-0.2, -0.15) is 0 Å². The predicted octanol–water partition coefficient (Wildman–Crippen LogP) is 2.05. The molecule has 2 aromatic carbocycles. The molecule has 6 heteroatoms. The second-order valence-electron chi connectivity index (χ2n) is 4.49. The number of nitrogens with zero attached hydrogens (tertiary/aromatic N) is 1. The van der Waals surface area contributed by atoms with E-state index in [2.05, 4.69) is 10.5 Å². The van der Waals surface area contributed by atoms with E-state index < -0.39 is 5.91 Å². The van der Waals surface area contributed by atoms with Crippen LogP contribution in [-0.2, 0) is 0 Å². The van der Waals surface area contributed by atoms with Crippen molar-refractivity contribution in [2.75, 3.05) is 5.32 Å². The Bertz CT molecular complexity index is 711. The van der Waals surface area contributed by atoms with Gasteiger partial charge < -0.3 is 21.4 Å². The second-order valence-corrected chi connectivity index (χ2v) is 4.49. The number of aromatic hydroxyl groups is 1. The molecule has 0 aromatic heterocycles. The van der Waals surface area contributed by atoms with Crippen molar-refractivity contribution in [1.82, 2.24) is 0 Å². The van der Waals surface area contributed by atoms with Crippen molar-refractivity contribution >= 4 is 17.4 Å². The third-order valence-corrected chi connectivity index (χ3v) is 3.03. The lowest BCUT2D eigenvalue weighted by molar-refractivity contribution is 0.102. The number of phenols is 1. The summed E-state index contributed by atoms with van der Waals surface area (Å²) in [7, 11) is 0. The van der Waals surface area contributed by atoms with Crippen molar-refractivity contribution in [1.29, 1.82) is 0 Å². The van der Waals surface area contributed by atoms with Crippen LogP contribution in [0.4, 0.5) is 5.69 Å². The molecule has 1 amide bonds. The summed E-state index contributed by atoms with van der Waals surface area (Å²) in [4.78, 5) is 12.2. The molecule has 0 spiro atoms. The average Bonchev–Trinajstić information content (AvgIpc) is 2.49. The first-order chi connectivity index (χ1) is 10.0. The molecule has 2 rings (SSSR count). The van der Waals surface area contributed by atoms with Gasteiger partial charge in [-0.25, -0.2) is 0 Å². The van der Waals surface area contributed by atoms with E-state index in [4.69, 9.17) is 10.9 Å². The van der Waals surface area contributed by atoms with Crippen molar-refractivity contribution in [3.05, 3.63) is 59.2 Å².